The fraction of sp³-hybridized carbons (Fsp3) is 0.0667. The number of nitrogens with two attached hydrogens (primary N) is 1. The number of rotatable bonds is 3. The number of ether oxygens (including phenoxy) is 1. The molecule has 0 saturated carbocycles. The molecular weight excluding hydrogens is 259 g/mol. The third-order valence-electron chi connectivity index (χ3n) is 2.60. The highest BCUT2D eigenvalue weighted by molar-refractivity contribution is 5.89. The normalized spacial score (nSPS) is 9.80. The van der Waals surface area contributed by atoms with Gasteiger partial charge in [-0.3, -0.25) is 0 Å². The van der Waals surface area contributed by atoms with Crippen molar-refractivity contribution in [2.24, 2.45) is 0 Å². The van der Waals surface area contributed by atoms with E-state index in [1.54, 1.807) is 24.3 Å². The molecule has 0 aliphatic rings. The second kappa shape index (κ2) is 5.85. The molecule has 0 spiro atoms. The second-order valence-corrected chi connectivity index (χ2v) is 4.16. The van der Waals surface area contributed by atoms with E-state index in [9.17, 15) is 9.18 Å². The number of hydrogen-bond acceptors (Lipinski definition) is 4. The Bertz CT molecular complexity index is 675. The van der Waals surface area contributed by atoms with Crippen LogP contribution in [0.1, 0.15) is 21.5 Å². The lowest BCUT2D eigenvalue weighted by atomic mass is 10.1. The SMILES string of the molecule is N#Cc1cc(F)cc(COC(=O)c2ccc(N)cc2)c1. The predicted octanol–water partition coefficient (Wildman–Crippen LogP) is 2.64. The number of anilines is 1. The Labute approximate surface area is 115 Å². The minimum Gasteiger partial charge on any atom is -0.457 e. The first-order valence-electron chi connectivity index (χ1n) is 5.81. The maximum absolute atomic E-state index is 13.2. The summed E-state index contributed by atoms with van der Waals surface area (Å²) in [7, 11) is 0. The molecule has 2 aromatic rings. The van der Waals surface area contributed by atoms with Crippen LogP contribution in [0.5, 0.6) is 0 Å². The molecular formula is C15H11FN2O2. The molecule has 0 bridgehead atoms. The number of halogens is 1. The number of benzene rings is 2. The number of carbonyl (C=O) groups excluding carboxylic acids is 1. The maximum atomic E-state index is 13.2. The van der Waals surface area contributed by atoms with Crippen molar-refractivity contribution in [3.05, 3.63) is 65.0 Å². The van der Waals surface area contributed by atoms with Crippen LogP contribution in [-0.2, 0) is 11.3 Å². The van der Waals surface area contributed by atoms with Crippen LogP contribution >= 0.6 is 0 Å². The van der Waals surface area contributed by atoms with Crippen LogP contribution in [0.15, 0.2) is 42.5 Å². The summed E-state index contributed by atoms with van der Waals surface area (Å²) in [6.45, 7) is -0.102. The van der Waals surface area contributed by atoms with E-state index >= 15 is 0 Å². The highest BCUT2D eigenvalue weighted by atomic mass is 19.1. The number of nitrogens with zero attached hydrogens (tertiary/aromatic N) is 1. The summed E-state index contributed by atoms with van der Waals surface area (Å²) < 4.78 is 18.3. The molecule has 0 unspecified atom stereocenters. The second-order valence-electron chi connectivity index (χ2n) is 4.16. The Morgan fingerprint density at radius 1 is 1.25 bits per heavy atom. The molecule has 0 radical (unpaired) electrons. The van der Waals surface area contributed by atoms with E-state index < -0.39 is 11.8 Å². The zero-order chi connectivity index (χ0) is 14.5. The summed E-state index contributed by atoms with van der Waals surface area (Å²) in [5.74, 6) is -1.07. The molecule has 100 valence electrons. The van der Waals surface area contributed by atoms with Gasteiger partial charge < -0.3 is 10.5 Å². The lowest BCUT2D eigenvalue weighted by Gasteiger charge is -2.06. The molecule has 0 amide bonds. The number of nitrogen functional groups attached to an aromatic ring is 1. The molecule has 0 fully saturated rings. The summed E-state index contributed by atoms with van der Waals surface area (Å²) in [6, 6.07) is 11.9. The van der Waals surface area contributed by atoms with Gasteiger partial charge in [-0.05, 0) is 48.0 Å². The summed E-state index contributed by atoms with van der Waals surface area (Å²) in [6.07, 6.45) is 0. The molecule has 4 nitrogen and oxygen atoms in total. The Morgan fingerprint density at radius 3 is 2.60 bits per heavy atom. The molecule has 0 heterocycles. The quantitative estimate of drug-likeness (QED) is 0.687. The van der Waals surface area contributed by atoms with Gasteiger partial charge in [0.1, 0.15) is 12.4 Å². The average molecular weight is 270 g/mol. The third-order valence-corrected chi connectivity index (χ3v) is 2.60. The smallest absolute Gasteiger partial charge is 0.338 e. The van der Waals surface area contributed by atoms with E-state index in [2.05, 4.69) is 0 Å². The highest BCUT2D eigenvalue weighted by Crippen LogP contribution is 2.12. The maximum Gasteiger partial charge on any atom is 0.338 e. The zero-order valence-corrected chi connectivity index (χ0v) is 10.5. The summed E-state index contributed by atoms with van der Waals surface area (Å²) >= 11 is 0. The minimum atomic E-state index is -0.539. The first-order valence-corrected chi connectivity index (χ1v) is 5.81. The van der Waals surface area contributed by atoms with Crippen LogP contribution in [0, 0.1) is 17.1 Å². The molecule has 5 heteroatoms. The van der Waals surface area contributed by atoms with Crippen LogP contribution < -0.4 is 5.73 Å². The molecule has 0 saturated heterocycles. The van der Waals surface area contributed by atoms with Crippen LogP contribution in [0.25, 0.3) is 0 Å². The standard InChI is InChI=1S/C15H11FN2O2/c16-13-6-10(8-17)5-11(7-13)9-20-15(19)12-1-3-14(18)4-2-12/h1-7H,9,18H2. The van der Waals surface area contributed by atoms with E-state index in [1.807, 2.05) is 6.07 Å². The van der Waals surface area contributed by atoms with E-state index in [0.717, 1.165) is 6.07 Å². The van der Waals surface area contributed by atoms with Crippen molar-refractivity contribution < 1.29 is 13.9 Å². The Hall–Kier alpha value is -2.87. The first kappa shape index (κ1) is 13.6. The van der Waals surface area contributed by atoms with Crippen LogP contribution in [0.3, 0.4) is 0 Å². The molecule has 0 atom stereocenters. The number of nitriles is 1. The summed E-state index contributed by atoms with van der Waals surface area (Å²) in [4.78, 5) is 11.7. The predicted molar refractivity (Wildman–Crippen MR) is 71.1 cm³/mol. The van der Waals surface area contributed by atoms with Crippen molar-refractivity contribution in [3.8, 4) is 6.07 Å². The van der Waals surface area contributed by atoms with Gasteiger partial charge >= 0.3 is 5.97 Å². The molecule has 2 N–H and O–H groups in total. The van der Waals surface area contributed by atoms with Gasteiger partial charge in [0.05, 0.1) is 17.2 Å². The van der Waals surface area contributed by atoms with Gasteiger partial charge in [0.15, 0.2) is 0 Å². The van der Waals surface area contributed by atoms with Gasteiger partial charge in [0.25, 0.3) is 0 Å². The van der Waals surface area contributed by atoms with Gasteiger partial charge in [-0.2, -0.15) is 5.26 Å². The minimum absolute atomic E-state index is 0.102. The van der Waals surface area contributed by atoms with Crippen molar-refractivity contribution in [2.75, 3.05) is 5.73 Å². The molecule has 20 heavy (non-hydrogen) atoms. The van der Waals surface area contributed by atoms with Crippen molar-refractivity contribution in [2.45, 2.75) is 6.61 Å². The molecule has 0 aromatic heterocycles. The lowest BCUT2D eigenvalue weighted by Crippen LogP contribution is -2.05. The van der Waals surface area contributed by atoms with Crippen LogP contribution in [0.4, 0.5) is 10.1 Å². The number of hydrogen-bond donors (Lipinski definition) is 1. The number of carbonyl (C=O) groups is 1. The lowest BCUT2D eigenvalue weighted by molar-refractivity contribution is 0.0472. The Morgan fingerprint density at radius 2 is 1.95 bits per heavy atom. The monoisotopic (exact) mass is 270 g/mol. The van der Waals surface area contributed by atoms with E-state index in [-0.39, 0.29) is 12.2 Å². The fourth-order valence-electron chi connectivity index (χ4n) is 1.65. The summed E-state index contributed by atoms with van der Waals surface area (Å²) in [5, 5.41) is 8.73. The van der Waals surface area contributed by atoms with Gasteiger partial charge in [0, 0.05) is 5.69 Å². The van der Waals surface area contributed by atoms with Gasteiger partial charge in [0.2, 0.25) is 0 Å². The zero-order valence-electron chi connectivity index (χ0n) is 10.5. The van der Waals surface area contributed by atoms with Gasteiger partial charge in [-0.1, -0.05) is 0 Å². The molecule has 2 aromatic carbocycles. The van der Waals surface area contributed by atoms with Crippen molar-refractivity contribution in [3.63, 3.8) is 0 Å². The van der Waals surface area contributed by atoms with Crippen molar-refractivity contribution in [1.82, 2.24) is 0 Å². The van der Waals surface area contributed by atoms with E-state index in [0.29, 0.717) is 16.8 Å². The van der Waals surface area contributed by atoms with E-state index in [1.165, 1.54) is 12.1 Å². The van der Waals surface area contributed by atoms with Crippen LogP contribution in [-0.4, -0.2) is 5.97 Å². The van der Waals surface area contributed by atoms with Gasteiger partial charge in [-0.25, -0.2) is 9.18 Å². The molecule has 0 aliphatic heterocycles. The third kappa shape index (κ3) is 3.33. The molecule has 0 aliphatic carbocycles. The Kier molecular flexibility index (Phi) is 3.96. The summed E-state index contributed by atoms with van der Waals surface area (Å²) in [5.41, 5.74) is 7.03. The molecule has 2 rings (SSSR count). The fourth-order valence-corrected chi connectivity index (χ4v) is 1.65. The van der Waals surface area contributed by atoms with Crippen molar-refractivity contribution in [1.29, 1.82) is 5.26 Å². The van der Waals surface area contributed by atoms with Crippen molar-refractivity contribution >= 4 is 11.7 Å². The average Bonchev–Trinajstić information content (AvgIpc) is 2.45. The van der Waals surface area contributed by atoms with E-state index in [4.69, 9.17) is 15.7 Å². The Balaban J connectivity index is 2.05. The highest BCUT2D eigenvalue weighted by Gasteiger charge is 2.08. The topological polar surface area (TPSA) is 76.1 Å². The number of esters is 1. The largest absolute Gasteiger partial charge is 0.457 e. The van der Waals surface area contributed by atoms with Crippen LogP contribution in [0.2, 0.25) is 0 Å². The van der Waals surface area contributed by atoms with Gasteiger partial charge in [-0.15, -0.1) is 0 Å². The first-order chi connectivity index (χ1) is 9.58.